The average Bonchev–Trinajstić information content (AvgIpc) is 2.77. The summed E-state index contributed by atoms with van der Waals surface area (Å²) in [7, 11) is 0. The monoisotopic (exact) mass is 486 g/mol. The highest BCUT2D eigenvalue weighted by Gasteiger charge is 2.32. The van der Waals surface area contributed by atoms with Crippen LogP contribution in [-0.4, -0.2) is 65.4 Å². The maximum absolute atomic E-state index is 13.0. The molecule has 0 bridgehead atoms. The number of nitrogens with one attached hydrogen (secondary N) is 3. The minimum atomic E-state index is -1.34. The number of carbonyl (C=O) groups is 5. The lowest BCUT2D eigenvalue weighted by Gasteiger charge is -2.27. The standard InChI is InChI=1S/C22H42N6O6/c1-5-13(4)17(25)20(31)26-14(8-6-7-11-23)19(30)28-18(12(2)3)21(32)27-15(22(33)34)9-10-16(24)29/h12-15,17-18H,5-11,23,25H2,1-4H3,(H2,24,29)(H,26,31)(H,27,32)(H,28,30)(H,33,34). The minimum absolute atomic E-state index is 0.0877. The number of rotatable bonds is 17. The Morgan fingerprint density at radius 2 is 1.44 bits per heavy atom. The van der Waals surface area contributed by atoms with E-state index in [4.69, 9.17) is 17.2 Å². The van der Waals surface area contributed by atoms with Crippen molar-refractivity contribution in [2.75, 3.05) is 6.54 Å². The van der Waals surface area contributed by atoms with Crippen molar-refractivity contribution in [3.05, 3.63) is 0 Å². The molecule has 5 unspecified atom stereocenters. The highest BCUT2D eigenvalue weighted by molar-refractivity contribution is 5.94. The van der Waals surface area contributed by atoms with Gasteiger partial charge >= 0.3 is 5.97 Å². The average molecular weight is 487 g/mol. The van der Waals surface area contributed by atoms with E-state index in [0.29, 0.717) is 32.2 Å². The predicted molar refractivity (Wildman–Crippen MR) is 127 cm³/mol. The van der Waals surface area contributed by atoms with E-state index in [0.717, 1.165) is 0 Å². The molecule has 196 valence electrons. The van der Waals surface area contributed by atoms with E-state index >= 15 is 0 Å². The first-order chi connectivity index (χ1) is 15.8. The van der Waals surface area contributed by atoms with Crippen molar-refractivity contribution >= 4 is 29.6 Å². The lowest BCUT2D eigenvalue weighted by atomic mass is 9.98. The molecule has 0 saturated carbocycles. The molecule has 12 nitrogen and oxygen atoms in total. The Labute approximate surface area is 201 Å². The number of primary amides is 1. The third kappa shape index (κ3) is 11.4. The van der Waals surface area contributed by atoms with Gasteiger partial charge in [0.15, 0.2) is 0 Å². The van der Waals surface area contributed by atoms with Crippen molar-refractivity contribution < 1.29 is 29.1 Å². The summed E-state index contributed by atoms with van der Waals surface area (Å²) in [4.78, 5) is 60.8. The third-order valence-electron chi connectivity index (χ3n) is 5.68. The fourth-order valence-electron chi connectivity index (χ4n) is 3.14. The molecule has 0 aliphatic carbocycles. The largest absolute Gasteiger partial charge is 0.480 e. The van der Waals surface area contributed by atoms with Crippen LogP contribution in [0.5, 0.6) is 0 Å². The summed E-state index contributed by atoms with van der Waals surface area (Å²) in [6.45, 7) is 7.54. The molecule has 4 amide bonds. The number of nitrogens with two attached hydrogens (primary N) is 3. The van der Waals surface area contributed by atoms with E-state index in [-0.39, 0.29) is 18.8 Å². The maximum atomic E-state index is 13.0. The SMILES string of the molecule is CCC(C)C(N)C(=O)NC(CCCCN)C(=O)NC(C(=O)NC(CCC(N)=O)C(=O)O)C(C)C. The normalized spacial score (nSPS) is 15.5. The molecular formula is C22H42N6O6. The van der Waals surface area contributed by atoms with Crippen LogP contribution in [0.25, 0.3) is 0 Å². The molecule has 0 rings (SSSR count). The fraction of sp³-hybridized carbons (Fsp3) is 0.773. The van der Waals surface area contributed by atoms with Gasteiger partial charge in [-0.15, -0.1) is 0 Å². The molecule has 0 spiro atoms. The molecule has 5 atom stereocenters. The number of hydrogen-bond donors (Lipinski definition) is 7. The first kappa shape index (κ1) is 31.3. The van der Waals surface area contributed by atoms with Crippen LogP contribution in [0.1, 0.15) is 66.2 Å². The molecule has 0 radical (unpaired) electrons. The second-order valence-electron chi connectivity index (χ2n) is 8.89. The quantitative estimate of drug-likeness (QED) is 0.125. The number of carbonyl (C=O) groups excluding carboxylic acids is 4. The Balaban J connectivity index is 5.46. The highest BCUT2D eigenvalue weighted by atomic mass is 16.4. The first-order valence-electron chi connectivity index (χ1n) is 11.7. The third-order valence-corrected chi connectivity index (χ3v) is 5.68. The number of carboxylic acid groups (broad SMARTS) is 1. The van der Waals surface area contributed by atoms with Crippen LogP contribution in [0.2, 0.25) is 0 Å². The topological polar surface area (TPSA) is 220 Å². The van der Waals surface area contributed by atoms with Crippen molar-refractivity contribution in [1.82, 2.24) is 16.0 Å². The molecule has 0 heterocycles. The van der Waals surface area contributed by atoms with Gasteiger partial charge in [-0.05, 0) is 44.1 Å². The van der Waals surface area contributed by atoms with Gasteiger partial charge in [-0.2, -0.15) is 0 Å². The maximum Gasteiger partial charge on any atom is 0.326 e. The number of unbranched alkanes of at least 4 members (excludes halogenated alkanes) is 1. The zero-order valence-electron chi connectivity index (χ0n) is 20.6. The molecule has 0 saturated heterocycles. The van der Waals surface area contributed by atoms with Gasteiger partial charge in [-0.1, -0.05) is 34.1 Å². The van der Waals surface area contributed by atoms with Crippen LogP contribution in [0.4, 0.5) is 0 Å². The van der Waals surface area contributed by atoms with Gasteiger partial charge in [0.1, 0.15) is 18.1 Å². The van der Waals surface area contributed by atoms with E-state index in [1.54, 1.807) is 13.8 Å². The van der Waals surface area contributed by atoms with E-state index in [1.165, 1.54) is 0 Å². The van der Waals surface area contributed by atoms with Crippen LogP contribution >= 0.6 is 0 Å². The Hall–Kier alpha value is -2.73. The fourth-order valence-corrected chi connectivity index (χ4v) is 3.14. The van der Waals surface area contributed by atoms with Crippen molar-refractivity contribution in [2.45, 2.75) is 90.4 Å². The molecule has 0 aromatic rings. The summed E-state index contributed by atoms with van der Waals surface area (Å²) in [5.41, 5.74) is 16.6. The zero-order valence-corrected chi connectivity index (χ0v) is 20.6. The Bertz CT molecular complexity index is 701. The van der Waals surface area contributed by atoms with Gasteiger partial charge in [-0.3, -0.25) is 19.2 Å². The van der Waals surface area contributed by atoms with E-state index in [2.05, 4.69) is 16.0 Å². The molecule has 0 fully saturated rings. The molecule has 0 aromatic heterocycles. The molecular weight excluding hydrogens is 444 g/mol. The second kappa shape index (κ2) is 16.0. The van der Waals surface area contributed by atoms with Crippen LogP contribution in [-0.2, 0) is 24.0 Å². The second-order valence-corrected chi connectivity index (χ2v) is 8.89. The molecule has 0 aliphatic heterocycles. The van der Waals surface area contributed by atoms with Gasteiger partial charge in [0, 0.05) is 6.42 Å². The van der Waals surface area contributed by atoms with Crippen LogP contribution < -0.4 is 33.2 Å². The van der Waals surface area contributed by atoms with E-state index < -0.39 is 59.7 Å². The Kier molecular flexibility index (Phi) is 14.7. The van der Waals surface area contributed by atoms with Crippen molar-refractivity contribution in [3.8, 4) is 0 Å². The summed E-state index contributed by atoms with van der Waals surface area (Å²) >= 11 is 0. The van der Waals surface area contributed by atoms with Crippen LogP contribution in [0.15, 0.2) is 0 Å². The van der Waals surface area contributed by atoms with E-state index in [9.17, 15) is 29.1 Å². The number of hydrogen-bond acceptors (Lipinski definition) is 7. The summed E-state index contributed by atoms with van der Waals surface area (Å²) in [5.74, 6) is -4.27. The van der Waals surface area contributed by atoms with Gasteiger partial charge < -0.3 is 38.3 Å². The molecule has 0 aromatic carbocycles. The van der Waals surface area contributed by atoms with E-state index in [1.807, 2.05) is 13.8 Å². The molecule has 0 aliphatic rings. The van der Waals surface area contributed by atoms with Crippen molar-refractivity contribution in [1.29, 1.82) is 0 Å². The van der Waals surface area contributed by atoms with Gasteiger partial charge in [0.2, 0.25) is 23.6 Å². The van der Waals surface area contributed by atoms with Crippen molar-refractivity contribution in [3.63, 3.8) is 0 Å². The smallest absolute Gasteiger partial charge is 0.326 e. The van der Waals surface area contributed by atoms with Crippen molar-refractivity contribution in [2.24, 2.45) is 29.0 Å². The molecule has 12 heteroatoms. The highest BCUT2D eigenvalue weighted by Crippen LogP contribution is 2.10. The minimum Gasteiger partial charge on any atom is -0.480 e. The van der Waals surface area contributed by atoms with Gasteiger partial charge in [0.05, 0.1) is 6.04 Å². The molecule has 10 N–H and O–H groups in total. The number of carboxylic acids is 1. The van der Waals surface area contributed by atoms with Crippen LogP contribution in [0, 0.1) is 11.8 Å². The van der Waals surface area contributed by atoms with Crippen LogP contribution in [0.3, 0.4) is 0 Å². The van der Waals surface area contributed by atoms with Gasteiger partial charge in [0.25, 0.3) is 0 Å². The lowest BCUT2D eigenvalue weighted by Crippen LogP contribution is -2.58. The molecule has 34 heavy (non-hydrogen) atoms. The zero-order chi connectivity index (χ0) is 26.4. The summed E-state index contributed by atoms with van der Waals surface area (Å²) < 4.78 is 0. The van der Waals surface area contributed by atoms with Gasteiger partial charge in [-0.25, -0.2) is 4.79 Å². The Morgan fingerprint density at radius 3 is 1.91 bits per heavy atom. The lowest BCUT2D eigenvalue weighted by molar-refractivity contribution is -0.143. The summed E-state index contributed by atoms with van der Waals surface area (Å²) in [5, 5.41) is 17.0. The summed E-state index contributed by atoms with van der Waals surface area (Å²) in [6, 6.07) is -4.14. The first-order valence-corrected chi connectivity index (χ1v) is 11.7. The summed E-state index contributed by atoms with van der Waals surface area (Å²) in [6.07, 6.45) is 1.80. The Morgan fingerprint density at radius 1 is 0.853 bits per heavy atom. The predicted octanol–water partition coefficient (Wildman–Crippen LogP) is -1.05. The number of aliphatic carboxylic acids is 1. The number of amides is 4.